The summed E-state index contributed by atoms with van der Waals surface area (Å²) in [4.78, 5) is 59.8. The van der Waals surface area contributed by atoms with Gasteiger partial charge in [-0.05, 0) is 18.3 Å². The lowest BCUT2D eigenvalue weighted by Gasteiger charge is -2.27. The van der Waals surface area contributed by atoms with Gasteiger partial charge >= 0.3 is 11.9 Å². The Hall–Kier alpha value is -2.34. The van der Waals surface area contributed by atoms with Crippen molar-refractivity contribution in [2.75, 3.05) is 5.75 Å². The Morgan fingerprint density at radius 3 is 1.87 bits per heavy atom. The molecule has 0 fully saturated rings. The fourth-order valence-electron chi connectivity index (χ4n) is 2.55. The van der Waals surface area contributed by atoms with E-state index in [0.29, 0.717) is 6.42 Å². The number of carbonyl (C=O) groups excluding carboxylic acids is 3. The number of aliphatic carboxylic acids is 2. The molecule has 0 aromatic heterocycles. The van der Waals surface area contributed by atoms with Gasteiger partial charge < -0.3 is 31.9 Å². The monoisotopic (exact) mass is 462 g/mol. The largest absolute Gasteiger partial charge is 0.481 e. The minimum Gasteiger partial charge on any atom is -0.481 e. The van der Waals surface area contributed by atoms with Gasteiger partial charge in [-0.15, -0.1) is 0 Å². The number of carbonyl (C=O) groups is 5. The van der Waals surface area contributed by atoms with E-state index >= 15 is 0 Å². The molecule has 0 aromatic rings. The standard InChI is InChI=1S/C19H34N4O7S/c1-5-10(4)14(20)17(27)23-15(9(2)3)18(28)21-11(6-7-13(24)25)16(26)22-12(8-31)19(29)30/h9-12,14-15,31H,5-8,20H2,1-4H3,(H,21,28)(H,22,26)(H,23,27)(H,24,25)(H,29,30). The van der Waals surface area contributed by atoms with E-state index in [-0.39, 0.29) is 24.0 Å². The molecule has 3 amide bonds. The minimum atomic E-state index is -1.32. The summed E-state index contributed by atoms with van der Waals surface area (Å²) in [6, 6.07) is -4.47. The Balaban J connectivity index is 5.44. The summed E-state index contributed by atoms with van der Waals surface area (Å²) in [5.74, 6) is -5.26. The van der Waals surface area contributed by atoms with Crippen molar-refractivity contribution < 1.29 is 34.2 Å². The zero-order chi connectivity index (χ0) is 24.3. The summed E-state index contributed by atoms with van der Waals surface area (Å²) in [5.41, 5.74) is 5.91. The normalized spacial score (nSPS) is 15.8. The first-order valence-corrected chi connectivity index (χ1v) is 10.7. The number of hydrogen-bond donors (Lipinski definition) is 7. The van der Waals surface area contributed by atoms with Crippen LogP contribution < -0.4 is 21.7 Å². The molecule has 0 bridgehead atoms. The number of thiol groups is 1. The molecule has 31 heavy (non-hydrogen) atoms. The Bertz CT molecular complexity index is 659. The van der Waals surface area contributed by atoms with Gasteiger partial charge in [-0.1, -0.05) is 34.1 Å². The second-order valence-electron chi connectivity index (χ2n) is 7.72. The van der Waals surface area contributed by atoms with Gasteiger partial charge in [-0.3, -0.25) is 19.2 Å². The van der Waals surface area contributed by atoms with Crippen LogP contribution in [-0.4, -0.2) is 69.8 Å². The van der Waals surface area contributed by atoms with Gasteiger partial charge in [0, 0.05) is 12.2 Å². The molecule has 178 valence electrons. The zero-order valence-electron chi connectivity index (χ0n) is 18.3. The smallest absolute Gasteiger partial charge is 0.327 e. The van der Waals surface area contributed by atoms with Crippen LogP contribution in [0.2, 0.25) is 0 Å². The Labute approximate surface area is 187 Å². The van der Waals surface area contributed by atoms with Gasteiger partial charge in [0.05, 0.1) is 6.04 Å². The zero-order valence-corrected chi connectivity index (χ0v) is 19.1. The van der Waals surface area contributed by atoms with Crippen molar-refractivity contribution in [2.45, 2.75) is 71.1 Å². The number of nitrogens with two attached hydrogens (primary N) is 1. The van der Waals surface area contributed by atoms with E-state index in [1.165, 1.54) is 0 Å². The third kappa shape index (κ3) is 10.0. The van der Waals surface area contributed by atoms with Crippen LogP contribution in [0.4, 0.5) is 0 Å². The Morgan fingerprint density at radius 2 is 1.45 bits per heavy atom. The molecule has 0 aromatic carbocycles. The molecule has 5 unspecified atom stereocenters. The first-order valence-electron chi connectivity index (χ1n) is 10.1. The van der Waals surface area contributed by atoms with Crippen LogP contribution in [0.25, 0.3) is 0 Å². The van der Waals surface area contributed by atoms with E-state index in [1.54, 1.807) is 20.8 Å². The number of amides is 3. The molecular weight excluding hydrogens is 428 g/mol. The lowest BCUT2D eigenvalue weighted by atomic mass is 9.97. The van der Waals surface area contributed by atoms with E-state index in [2.05, 4.69) is 28.6 Å². The van der Waals surface area contributed by atoms with Gasteiger partial charge in [0.2, 0.25) is 17.7 Å². The number of hydrogen-bond acceptors (Lipinski definition) is 7. The van der Waals surface area contributed by atoms with Crippen molar-refractivity contribution in [3.8, 4) is 0 Å². The summed E-state index contributed by atoms with van der Waals surface area (Å²) in [7, 11) is 0. The first-order chi connectivity index (χ1) is 14.3. The van der Waals surface area contributed by atoms with Crippen LogP contribution in [0.3, 0.4) is 0 Å². The highest BCUT2D eigenvalue weighted by molar-refractivity contribution is 7.80. The van der Waals surface area contributed by atoms with Crippen LogP contribution in [0.15, 0.2) is 0 Å². The quantitative estimate of drug-likeness (QED) is 0.166. The first kappa shape index (κ1) is 28.7. The van der Waals surface area contributed by atoms with Crippen molar-refractivity contribution in [1.82, 2.24) is 16.0 Å². The van der Waals surface area contributed by atoms with Crippen molar-refractivity contribution in [3.05, 3.63) is 0 Å². The highest BCUT2D eigenvalue weighted by atomic mass is 32.1. The van der Waals surface area contributed by atoms with Gasteiger partial charge in [0.15, 0.2) is 0 Å². The lowest BCUT2D eigenvalue weighted by molar-refractivity contribution is -0.142. The molecular formula is C19H34N4O7S. The number of rotatable bonds is 14. The topological polar surface area (TPSA) is 188 Å². The molecule has 7 N–H and O–H groups in total. The van der Waals surface area contributed by atoms with Crippen LogP contribution in [0.5, 0.6) is 0 Å². The summed E-state index contributed by atoms with van der Waals surface area (Å²) >= 11 is 3.86. The lowest BCUT2D eigenvalue weighted by Crippen LogP contribution is -2.59. The van der Waals surface area contributed by atoms with Gasteiger partial charge in [0.1, 0.15) is 18.1 Å². The molecule has 12 heteroatoms. The average Bonchev–Trinajstić information content (AvgIpc) is 2.70. The highest BCUT2D eigenvalue weighted by Gasteiger charge is 2.32. The van der Waals surface area contributed by atoms with Crippen molar-refractivity contribution in [1.29, 1.82) is 0 Å². The second-order valence-corrected chi connectivity index (χ2v) is 8.08. The maximum atomic E-state index is 12.8. The fourth-order valence-corrected chi connectivity index (χ4v) is 2.80. The van der Waals surface area contributed by atoms with Crippen molar-refractivity contribution in [2.24, 2.45) is 17.6 Å². The summed E-state index contributed by atoms with van der Waals surface area (Å²) in [6.07, 6.45) is -0.0357. The Kier molecular flexibility index (Phi) is 12.8. The van der Waals surface area contributed by atoms with Crippen molar-refractivity contribution >= 4 is 42.3 Å². The van der Waals surface area contributed by atoms with Crippen LogP contribution in [-0.2, 0) is 24.0 Å². The molecule has 0 aliphatic rings. The number of nitrogens with one attached hydrogen (secondary N) is 3. The van der Waals surface area contributed by atoms with Gasteiger partial charge in [0.25, 0.3) is 0 Å². The van der Waals surface area contributed by atoms with Crippen LogP contribution in [0.1, 0.15) is 47.0 Å². The van der Waals surface area contributed by atoms with Crippen LogP contribution in [0, 0.1) is 11.8 Å². The molecule has 0 spiro atoms. The average molecular weight is 463 g/mol. The second kappa shape index (κ2) is 13.9. The molecule has 0 saturated heterocycles. The predicted molar refractivity (Wildman–Crippen MR) is 116 cm³/mol. The van der Waals surface area contributed by atoms with Crippen molar-refractivity contribution in [3.63, 3.8) is 0 Å². The fraction of sp³-hybridized carbons (Fsp3) is 0.737. The summed E-state index contributed by atoms with van der Waals surface area (Å²) in [5, 5.41) is 25.2. The van der Waals surface area contributed by atoms with Crippen LogP contribution >= 0.6 is 12.6 Å². The highest BCUT2D eigenvalue weighted by Crippen LogP contribution is 2.09. The van der Waals surface area contributed by atoms with E-state index < -0.39 is 60.2 Å². The molecule has 0 aliphatic carbocycles. The van der Waals surface area contributed by atoms with E-state index in [9.17, 15) is 24.0 Å². The Morgan fingerprint density at radius 1 is 0.903 bits per heavy atom. The number of carboxylic acid groups (broad SMARTS) is 2. The predicted octanol–water partition coefficient (Wildman–Crippen LogP) is -0.651. The summed E-state index contributed by atoms with van der Waals surface area (Å²) in [6.45, 7) is 7.06. The molecule has 5 atom stereocenters. The van der Waals surface area contributed by atoms with Gasteiger partial charge in [-0.25, -0.2) is 4.79 Å². The maximum Gasteiger partial charge on any atom is 0.327 e. The molecule has 11 nitrogen and oxygen atoms in total. The summed E-state index contributed by atoms with van der Waals surface area (Å²) < 4.78 is 0. The third-order valence-corrected chi connectivity index (χ3v) is 5.25. The van der Waals surface area contributed by atoms with E-state index in [1.807, 2.05) is 6.92 Å². The molecule has 0 saturated carbocycles. The minimum absolute atomic E-state index is 0.112. The molecule has 0 aliphatic heterocycles. The molecule has 0 radical (unpaired) electrons. The number of carboxylic acids is 2. The maximum absolute atomic E-state index is 12.8. The SMILES string of the molecule is CCC(C)C(N)C(=O)NC(C(=O)NC(CCC(=O)O)C(=O)NC(CS)C(=O)O)C(C)C. The molecule has 0 heterocycles. The molecule has 0 rings (SSSR count). The van der Waals surface area contributed by atoms with E-state index in [4.69, 9.17) is 15.9 Å². The third-order valence-electron chi connectivity index (χ3n) is 4.88. The van der Waals surface area contributed by atoms with E-state index in [0.717, 1.165) is 0 Å². The van der Waals surface area contributed by atoms with Gasteiger partial charge in [-0.2, -0.15) is 12.6 Å².